The van der Waals surface area contributed by atoms with E-state index in [1.54, 1.807) is 24.4 Å². The quantitative estimate of drug-likeness (QED) is 0.644. The molecule has 23 heavy (non-hydrogen) atoms. The Bertz CT molecular complexity index is 1000. The molecule has 1 aromatic heterocycles. The maximum absolute atomic E-state index is 12.6. The maximum Gasteiger partial charge on any atom is 0.263 e. The highest BCUT2D eigenvalue weighted by Crippen LogP contribution is 2.36. The number of sulfonamides is 1. The monoisotopic (exact) mass is 386 g/mol. The molecule has 1 N–H and O–H groups in total. The van der Waals surface area contributed by atoms with Gasteiger partial charge in [0.15, 0.2) is 0 Å². The molecule has 0 aliphatic heterocycles. The molecule has 0 amide bonds. The van der Waals surface area contributed by atoms with E-state index in [4.69, 9.17) is 34.8 Å². The third kappa shape index (κ3) is 3.10. The van der Waals surface area contributed by atoms with E-state index in [1.807, 2.05) is 12.1 Å². The third-order valence-electron chi connectivity index (χ3n) is 3.17. The largest absolute Gasteiger partial charge is 0.277 e. The zero-order valence-electron chi connectivity index (χ0n) is 11.4. The Balaban J connectivity index is 2.10. The van der Waals surface area contributed by atoms with Gasteiger partial charge in [-0.1, -0.05) is 53.0 Å². The lowest BCUT2D eigenvalue weighted by Crippen LogP contribution is -2.14. The van der Waals surface area contributed by atoms with Gasteiger partial charge in [0, 0.05) is 11.6 Å². The number of para-hydroxylation sites is 1. The van der Waals surface area contributed by atoms with Crippen molar-refractivity contribution >= 4 is 61.4 Å². The second-order valence-electron chi connectivity index (χ2n) is 4.66. The molecule has 0 saturated heterocycles. The van der Waals surface area contributed by atoms with Crippen LogP contribution in [-0.4, -0.2) is 13.4 Å². The van der Waals surface area contributed by atoms with E-state index in [0.717, 1.165) is 5.39 Å². The standard InChI is InChI=1S/C15H9Cl3N2O2S/c16-10-6-7-12(14(18)13(10)17)23(21,22)20-11-5-1-3-9-4-2-8-19-15(9)11/h1-8,20H. The molecule has 118 valence electrons. The van der Waals surface area contributed by atoms with Gasteiger partial charge in [-0.2, -0.15) is 0 Å². The smallest absolute Gasteiger partial charge is 0.263 e. The molecule has 0 atom stereocenters. The topological polar surface area (TPSA) is 59.1 Å². The van der Waals surface area contributed by atoms with Gasteiger partial charge < -0.3 is 0 Å². The van der Waals surface area contributed by atoms with Crippen LogP contribution >= 0.6 is 34.8 Å². The number of anilines is 1. The number of benzene rings is 2. The number of nitrogens with one attached hydrogen (secondary N) is 1. The number of hydrogen-bond donors (Lipinski definition) is 1. The molecule has 0 fully saturated rings. The van der Waals surface area contributed by atoms with Crippen molar-refractivity contribution in [2.24, 2.45) is 0 Å². The Morgan fingerprint density at radius 2 is 1.65 bits per heavy atom. The molecule has 4 nitrogen and oxygen atoms in total. The van der Waals surface area contributed by atoms with Crippen LogP contribution in [0.1, 0.15) is 0 Å². The molecule has 3 rings (SSSR count). The average Bonchev–Trinajstić information content (AvgIpc) is 2.52. The molecule has 0 saturated carbocycles. The summed E-state index contributed by atoms with van der Waals surface area (Å²) in [4.78, 5) is 4.05. The minimum Gasteiger partial charge on any atom is -0.277 e. The lowest BCUT2D eigenvalue weighted by Gasteiger charge is -2.12. The second kappa shape index (κ2) is 6.17. The van der Waals surface area contributed by atoms with E-state index in [1.165, 1.54) is 12.1 Å². The lowest BCUT2D eigenvalue weighted by molar-refractivity contribution is 0.601. The first-order valence-electron chi connectivity index (χ1n) is 6.40. The number of aromatic nitrogens is 1. The predicted octanol–water partition coefficient (Wildman–Crippen LogP) is 5.00. The van der Waals surface area contributed by atoms with Gasteiger partial charge in [-0.25, -0.2) is 8.42 Å². The Kier molecular flexibility index (Phi) is 4.38. The van der Waals surface area contributed by atoms with Crippen molar-refractivity contribution in [3.8, 4) is 0 Å². The molecule has 0 spiro atoms. The van der Waals surface area contributed by atoms with Gasteiger partial charge in [0.1, 0.15) is 4.90 Å². The van der Waals surface area contributed by atoms with E-state index in [-0.39, 0.29) is 20.0 Å². The van der Waals surface area contributed by atoms with Crippen LogP contribution in [0.3, 0.4) is 0 Å². The van der Waals surface area contributed by atoms with E-state index in [9.17, 15) is 8.42 Å². The van der Waals surface area contributed by atoms with Crippen molar-refractivity contribution in [1.29, 1.82) is 0 Å². The van der Waals surface area contributed by atoms with Crippen LogP contribution in [0.25, 0.3) is 10.9 Å². The number of fused-ring (bicyclic) bond motifs is 1. The fourth-order valence-electron chi connectivity index (χ4n) is 2.10. The first-order chi connectivity index (χ1) is 10.9. The predicted molar refractivity (Wildman–Crippen MR) is 94.0 cm³/mol. The summed E-state index contributed by atoms with van der Waals surface area (Å²) in [5, 5.41) is 0.863. The number of rotatable bonds is 3. The van der Waals surface area contributed by atoms with Gasteiger partial charge in [-0.05, 0) is 24.3 Å². The maximum atomic E-state index is 12.6. The molecule has 0 bridgehead atoms. The van der Waals surface area contributed by atoms with Crippen LogP contribution in [0.2, 0.25) is 15.1 Å². The summed E-state index contributed by atoms with van der Waals surface area (Å²) in [5.41, 5.74) is 0.889. The van der Waals surface area contributed by atoms with Crippen molar-refractivity contribution in [3.05, 3.63) is 63.7 Å². The summed E-state index contributed by atoms with van der Waals surface area (Å²) < 4.78 is 27.7. The Labute approximate surface area is 148 Å². The van der Waals surface area contributed by atoms with Gasteiger partial charge in [0.25, 0.3) is 10.0 Å². The van der Waals surface area contributed by atoms with Gasteiger partial charge >= 0.3 is 0 Å². The highest BCUT2D eigenvalue weighted by molar-refractivity contribution is 7.92. The van der Waals surface area contributed by atoms with Crippen LogP contribution in [0.5, 0.6) is 0 Å². The molecule has 0 unspecified atom stereocenters. The number of hydrogen-bond acceptors (Lipinski definition) is 3. The first kappa shape index (κ1) is 16.3. The molecule has 8 heteroatoms. The number of pyridine rings is 1. The van der Waals surface area contributed by atoms with Crippen molar-refractivity contribution in [1.82, 2.24) is 4.98 Å². The van der Waals surface area contributed by atoms with E-state index in [0.29, 0.717) is 11.2 Å². The van der Waals surface area contributed by atoms with Crippen molar-refractivity contribution < 1.29 is 8.42 Å². The summed E-state index contributed by atoms with van der Waals surface area (Å²) >= 11 is 17.8. The minimum absolute atomic E-state index is 0.00717. The lowest BCUT2D eigenvalue weighted by atomic mass is 10.2. The molecule has 2 aromatic carbocycles. The molecule has 0 radical (unpaired) electrons. The number of halogens is 3. The Hall–Kier alpha value is -1.53. The molecular weight excluding hydrogens is 379 g/mol. The fourth-order valence-corrected chi connectivity index (χ4v) is 4.15. The van der Waals surface area contributed by atoms with Crippen LogP contribution in [0.15, 0.2) is 53.6 Å². The summed E-state index contributed by atoms with van der Waals surface area (Å²) in [7, 11) is -3.94. The van der Waals surface area contributed by atoms with Crippen molar-refractivity contribution in [3.63, 3.8) is 0 Å². The average molecular weight is 388 g/mol. The van der Waals surface area contributed by atoms with Gasteiger partial charge in [0.05, 0.1) is 26.3 Å². The first-order valence-corrected chi connectivity index (χ1v) is 9.02. The van der Waals surface area contributed by atoms with E-state index < -0.39 is 10.0 Å². The highest BCUT2D eigenvalue weighted by atomic mass is 35.5. The zero-order chi connectivity index (χ0) is 16.6. The third-order valence-corrected chi connectivity index (χ3v) is 5.98. The minimum atomic E-state index is -3.94. The van der Waals surface area contributed by atoms with Crippen LogP contribution < -0.4 is 4.72 Å². The normalized spacial score (nSPS) is 11.6. The van der Waals surface area contributed by atoms with Crippen LogP contribution in [-0.2, 0) is 10.0 Å². The van der Waals surface area contributed by atoms with Crippen LogP contribution in [0, 0.1) is 0 Å². The van der Waals surface area contributed by atoms with E-state index in [2.05, 4.69) is 9.71 Å². The summed E-state index contributed by atoms with van der Waals surface area (Å²) in [5.74, 6) is 0. The highest BCUT2D eigenvalue weighted by Gasteiger charge is 2.22. The molecule has 3 aromatic rings. The number of nitrogens with zero attached hydrogens (tertiary/aromatic N) is 1. The van der Waals surface area contributed by atoms with Crippen molar-refractivity contribution in [2.75, 3.05) is 4.72 Å². The second-order valence-corrected chi connectivity index (χ2v) is 7.47. The summed E-state index contributed by atoms with van der Waals surface area (Å²) in [6, 6.07) is 11.5. The van der Waals surface area contributed by atoms with Gasteiger partial charge in [-0.3, -0.25) is 9.71 Å². The zero-order valence-corrected chi connectivity index (χ0v) is 14.5. The molecule has 0 aliphatic carbocycles. The van der Waals surface area contributed by atoms with Gasteiger partial charge in [-0.15, -0.1) is 0 Å². The Morgan fingerprint density at radius 3 is 2.43 bits per heavy atom. The van der Waals surface area contributed by atoms with Gasteiger partial charge in [0.2, 0.25) is 0 Å². The van der Waals surface area contributed by atoms with Crippen LogP contribution in [0.4, 0.5) is 5.69 Å². The van der Waals surface area contributed by atoms with Crippen molar-refractivity contribution in [2.45, 2.75) is 4.90 Å². The SMILES string of the molecule is O=S(=O)(Nc1cccc2cccnc12)c1ccc(Cl)c(Cl)c1Cl. The summed E-state index contributed by atoms with van der Waals surface area (Å²) in [6.45, 7) is 0. The summed E-state index contributed by atoms with van der Waals surface area (Å²) in [6.07, 6.45) is 1.59. The molecule has 0 aliphatic rings. The molecule has 1 heterocycles. The van der Waals surface area contributed by atoms with E-state index >= 15 is 0 Å². The molecular formula is C15H9Cl3N2O2S. The Morgan fingerprint density at radius 1 is 0.913 bits per heavy atom. The fraction of sp³-hybridized carbons (Fsp3) is 0.